The second kappa shape index (κ2) is 15.1. The third-order valence-electron chi connectivity index (χ3n) is 6.20. The highest BCUT2D eigenvalue weighted by Crippen LogP contribution is 2.24. The molecule has 0 saturated carbocycles. The van der Waals surface area contributed by atoms with Gasteiger partial charge in [0.25, 0.3) is 0 Å². The highest BCUT2D eigenvalue weighted by atomic mass is 35.5. The fraction of sp³-hybridized carbons (Fsp3) is 0.519. The molecule has 0 bridgehead atoms. The first-order valence-corrected chi connectivity index (χ1v) is 14.8. The van der Waals surface area contributed by atoms with E-state index >= 15 is 0 Å². The maximum atomic E-state index is 12.7. The molecule has 206 valence electrons. The second-order valence-electron chi connectivity index (χ2n) is 9.49. The summed E-state index contributed by atoms with van der Waals surface area (Å²) >= 11 is 0. The number of halogens is 1. The zero-order valence-corrected chi connectivity index (χ0v) is 23.7. The van der Waals surface area contributed by atoms with Gasteiger partial charge >= 0.3 is 6.03 Å². The molecule has 2 amide bonds. The number of hydrogen-bond donors (Lipinski definition) is 2. The molecular weight excluding hydrogens is 512 g/mol. The quantitative estimate of drug-likeness (QED) is 0.365. The molecule has 2 N–H and O–H groups in total. The van der Waals surface area contributed by atoms with Crippen LogP contribution in [0.1, 0.15) is 51.5 Å². The summed E-state index contributed by atoms with van der Waals surface area (Å²) in [6.45, 7) is 8.70. The van der Waals surface area contributed by atoms with Crippen molar-refractivity contribution < 1.29 is 17.9 Å². The molecule has 10 heteroatoms. The van der Waals surface area contributed by atoms with Crippen LogP contribution in [0.5, 0.6) is 11.5 Å². The Morgan fingerprint density at radius 3 is 2.11 bits per heavy atom. The van der Waals surface area contributed by atoms with Crippen LogP contribution in [0.25, 0.3) is 0 Å². The van der Waals surface area contributed by atoms with Crippen LogP contribution in [-0.4, -0.2) is 62.7 Å². The SMILES string of the molecule is CCCCN(CCC)C(=O)NC1CCN(Cc2ccc(Oc3ccc(NS(C)(=O)=O)cc3)cc2)CC1.Cl. The van der Waals surface area contributed by atoms with Gasteiger partial charge < -0.3 is 15.0 Å². The van der Waals surface area contributed by atoms with Gasteiger partial charge in [-0.15, -0.1) is 12.4 Å². The lowest BCUT2D eigenvalue weighted by Gasteiger charge is -2.34. The van der Waals surface area contributed by atoms with Crippen molar-refractivity contribution >= 4 is 34.1 Å². The number of likely N-dealkylation sites (tertiary alicyclic amines) is 1. The number of sulfonamides is 1. The standard InChI is InChI=1S/C27H40N4O4S.ClH/c1-4-6-18-31(17-5-2)27(32)28-23-15-19-30(20-16-23)21-22-7-11-25(12-8-22)35-26-13-9-24(10-14-26)29-36(3,33)34;/h7-14,23,29H,4-6,15-21H2,1-3H3,(H,28,32);1H. The Balaban J connectivity index is 0.00000481. The number of urea groups is 1. The van der Waals surface area contributed by atoms with Crippen molar-refractivity contribution in [2.75, 3.05) is 37.2 Å². The Kier molecular flexibility index (Phi) is 12.5. The van der Waals surface area contributed by atoms with E-state index in [1.165, 1.54) is 5.56 Å². The summed E-state index contributed by atoms with van der Waals surface area (Å²) in [4.78, 5) is 17.1. The average molecular weight is 553 g/mol. The zero-order valence-electron chi connectivity index (χ0n) is 22.1. The highest BCUT2D eigenvalue weighted by molar-refractivity contribution is 7.92. The molecule has 1 aliphatic heterocycles. The van der Waals surface area contributed by atoms with Crippen LogP contribution < -0.4 is 14.8 Å². The van der Waals surface area contributed by atoms with E-state index in [2.05, 4.69) is 40.9 Å². The number of hydrogen-bond acceptors (Lipinski definition) is 5. The topological polar surface area (TPSA) is 91.0 Å². The van der Waals surface area contributed by atoms with Gasteiger partial charge in [0.05, 0.1) is 6.26 Å². The van der Waals surface area contributed by atoms with Gasteiger partial charge in [-0.1, -0.05) is 32.4 Å². The molecule has 1 saturated heterocycles. The normalized spacial score (nSPS) is 14.5. The minimum Gasteiger partial charge on any atom is -0.457 e. The molecule has 0 spiro atoms. The second-order valence-corrected chi connectivity index (χ2v) is 11.2. The van der Waals surface area contributed by atoms with Crippen molar-refractivity contribution in [2.24, 2.45) is 0 Å². The number of nitrogens with one attached hydrogen (secondary N) is 2. The van der Waals surface area contributed by atoms with Crippen LogP contribution in [-0.2, 0) is 16.6 Å². The van der Waals surface area contributed by atoms with E-state index in [0.29, 0.717) is 11.4 Å². The van der Waals surface area contributed by atoms with Gasteiger partial charge in [-0.3, -0.25) is 9.62 Å². The van der Waals surface area contributed by atoms with Crippen molar-refractivity contribution in [1.29, 1.82) is 0 Å². The van der Waals surface area contributed by atoms with Gasteiger partial charge in [-0.05, 0) is 67.6 Å². The van der Waals surface area contributed by atoms with Gasteiger partial charge in [0.2, 0.25) is 10.0 Å². The Bertz CT molecular complexity index is 1060. The molecule has 1 aliphatic rings. The largest absolute Gasteiger partial charge is 0.457 e. The summed E-state index contributed by atoms with van der Waals surface area (Å²) in [5, 5.41) is 3.25. The molecule has 1 fully saturated rings. The summed E-state index contributed by atoms with van der Waals surface area (Å²) in [6.07, 6.45) is 6.17. The van der Waals surface area contributed by atoms with Crippen molar-refractivity contribution in [3.63, 3.8) is 0 Å². The van der Waals surface area contributed by atoms with Crippen LogP contribution in [0, 0.1) is 0 Å². The molecule has 1 heterocycles. The van der Waals surface area contributed by atoms with Gasteiger partial charge in [-0.2, -0.15) is 0 Å². The van der Waals surface area contributed by atoms with E-state index in [1.807, 2.05) is 17.0 Å². The van der Waals surface area contributed by atoms with Crippen LogP contribution in [0.2, 0.25) is 0 Å². The van der Waals surface area contributed by atoms with E-state index < -0.39 is 10.0 Å². The summed E-state index contributed by atoms with van der Waals surface area (Å²) in [5.74, 6) is 1.36. The van der Waals surface area contributed by atoms with Gasteiger partial charge in [0, 0.05) is 44.5 Å². The molecule has 2 aromatic rings. The van der Waals surface area contributed by atoms with Crippen molar-refractivity contribution in [3.8, 4) is 11.5 Å². The summed E-state index contributed by atoms with van der Waals surface area (Å²) in [7, 11) is -3.30. The van der Waals surface area contributed by atoms with E-state index in [-0.39, 0.29) is 24.5 Å². The lowest BCUT2D eigenvalue weighted by Crippen LogP contribution is -2.49. The number of piperidine rings is 1. The monoisotopic (exact) mass is 552 g/mol. The van der Waals surface area contributed by atoms with Gasteiger partial charge in [-0.25, -0.2) is 13.2 Å². The number of anilines is 1. The molecule has 0 aliphatic carbocycles. The summed E-state index contributed by atoms with van der Waals surface area (Å²) in [6, 6.07) is 15.2. The van der Waals surface area contributed by atoms with E-state index in [9.17, 15) is 13.2 Å². The van der Waals surface area contributed by atoms with Crippen molar-refractivity contribution in [2.45, 2.75) is 58.5 Å². The van der Waals surface area contributed by atoms with E-state index in [0.717, 1.165) is 76.8 Å². The summed E-state index contributed by atoms with van der Waals surface area (Å²) in [5.41, 5.74) is 1.71. The van der Waals surface area contributed by atoms with Crippen molar-refractivity contribution in [1.82, 2.24) is 15.1 Å². The Morgan fingerprint density at radius 1 is 0.973 bits per heavy atom. The maximum Gasteiger partial charge on any atom is 0.317 e. The van der Waals surface area contributed by atoms with Crippen LogP contribution in [0.15, 0.2) is 48.5 Å². The van der Waals surface area contributed by atoms with Crippen LogP contribution in [0.4, 0.5) is 10.5 Å². The number of carbonyl (C=O) groups is 1. The van der Waals surface area contributed by atoms with Crippen LogP contribution >= 0.6 is 12.4 Å². The smallest absolute Gasteiger partial charge is 0.317 e. The number of amides is 2. The Hall–Kier alpha value is -2.49. The first-order chi connectivity index (χ1) is 17.3. The van der Waals surface area contributed by atoms with Crippen LogP contribution in [0.3, 0.4) is 0 Å². The number of nitrogens with zero attached hydrogens (tertiary/aromatic N) is 2. The molecule has 2 aromatic carbocycles. The molecule has 0 unspecified atom stereocenters. The van der Waals surface area contributed by atoms with E-state index in [4.69, 9.17) is 4.74 Å². The number of benzene rings is 2. The highest BCUT2D eigenvalue weighted by Gasteiger charge is 2.22. The number of ether oxygens (including phenoxy) is 1. The molecule has 0 atom stereocenters. The molecular formula is C27H41ClN4O4S. The third kappa shape index (κ3) is 10.8. The predicted octanol–water partition coefficient (Wildman–Crippen LogP) is 5.46. The third-order valence-corrected chi connectivity index (χ3v) is 6.81. The minimum absolute atomic E-state index is 0. The number of unbranched alkanes of at least 4 members (excludes halogenated alkanes) is 1. The molecule has 37 heavy (non-hydrogen) atoms. The first kappa shape index (κ1) is 30.7. The summed E-state index contributed by atoms with van der Waals surface area (Å²) < 4.78 is 31.0. The Morgan fingerprint density at radius 2 is 1.57 bits per heavy atom. The minimum atomic E-state index is -3.30. The first-order valence-electron chi connectivity index (χ1n) is 12.9. The molecule has 0 aromatic heterocycles. The lowest BCUT2D eigenvalue weighted by atomic mass is 10.0. The number of carbonyl (C=O) groups excluding carboxylic acids is 1. The van der Waals surface area contributed by atoms with Gasteiger partial charge in [0.1, 0.15) is 11.5 Å². The lowest BCUT2D eigenvalue weighted by molar-refractivity contribution is 0.168. The van der Waals surface area contributed by atoms with Gasteiger partial charge in [0.15, 0.2) is 0 Å². The predicted molar refractivity (Wildman–Crippen MR) is 152 cm³/mol. The zero-order chi connectivity index (χ0) is 26.0. The van der Waals surface area contributed by atoms with Crippen molar-refractivity contribution in [3.05, 3.63) is 54.1 Å². The van der Waals surface area contributed by atoms with E-state index in [1.54, 1.807) is 24.3 Å². The fourth-order valence-corrected chi connectivity index (χ4v) is 4.86. The number of rotatable bonds is 12. The molecule has 8 nitrogen and oxygen atoms in total. The fourth-order valence-electron chi connectivity index (χ4n) is 4.30. The maximum absolute atomic E-state index is 12.7. The Labute approximate surface area is 228 Å². The molecule has 0 radical (unpaired) electrons. The average Bonchev–Trinajstić information content (AvgIpc) is 2.84. The molecule has 3 rings (SSSR count).